The number of hydrogen-bond donors (Lipinski definition) is 0. The predicted molar refractivity (Wildman–Crippen MR) is 42.7 cm³/mol. The molecular formula is C5H16Si2. The average Bonchev–Trinajstić information content (AvgIpc) is 1.31. The Balaban J connectivity index is 3.54. The van der Waals surface area contributed by atoms with Gasteiger partial charge in [-0.15, -0.1) is 0 Å². The molecule has 0 aliphatic rings. The fourth-order valence-corrected chi connectivity index (χ4v) is 0. The Morgan fingerprint density at radius 2 is 1.43 bits per heavy atom. The lowest BCUT2D eigenvalue weighted by atomic mass is 10.3. The van der Waals surface area contributed by atoms with Crippen LogP contribution >= 0.6 is 0 Å². The van der Waals surface area contributed by atoms with Crippen molar-refractivity contribution in [2.75, 3.05) is 0 Å². The quantitative estimate of drug-likeness (QED) is 0.421. The zero-order valence-corrected chi connectivity index (χ0v) is 9.23. The van der Waals surface area contributed by atoms with E-state index in [4.69, 9.17) is 0 Å². The van der Waals surface area contributed by atoms with E-state index in [1.54, 1.807) is 0 Å². The molecule has 0 radical (unpaired) electrons. The molecule has 0 saturated carbocycles. The van der Waals surface area contributed by atoms with E-state index in [1.807, 2.05) is 0 Å². The fourth-order valence-electron chi connectivity index (χ4n) is 0. The molecule has 0 heterocycles. The van der Waals surface area contributed by atoms with Crippen LogP contribution in [0.25, 0.3) is 0 Å². The summed E-state index contributed by atoms with van der Waals surface area (Å²) in [6, 6.07) is 0. The van der Waals surface area contributed by atoms with E-state index >= 15 is 0 Å². The largest absolute Gasteiger partial charge is 0.0742 e. The number of rotatable bonds is 0. The van der Waals surface area contributed by atoms with Gasteiger partial charge in [-0.05, 0) is 14.8 Å². The molecule has 0 spiro atoms. The van der Waals surface area contributed by atoms with Crippen LogP contribution in [0.4, 0.5) is 0 Å². The van der Waals surface area contributed by atoms with E-state index in [-0.39, 0.29) is 8.31 Å². The van der Waals surface area contributed by atoms with Crippen molar-refractivity contribution < 1.29 is 0 Å². The van der Waals surface area contributed by atoms with Crippen molar-refractivity contribution in [3.63, 3.8) is 0 Å². The summed E-state index contributed by atoms with van der Waals surface area (Å²) >= 11 is 0. The lowest BCUT2D eigenvalue weighted by molar-refractivity contribution is 0.751. The van der Waals surface area contributed by atoms with Gasteiger partial charge in [0.2, 0.25) is 0 Å². The van der Waals surface area contributed by atoms with Gasteiger partial charge >= 0.3 is 0 Å². The first-order chi connectivity index (χ1) is 2.94. The molecule has 1 atom stereocenters. The maximum absolute atomic E-state index is 2.45. The summed E-state index contributed by atoms with van der Waals surface area (Å²) in [5.74, 6) is 0. The molecule has 2 heteroatoms. The summed E-state index contributed by atoms with van der Waals surface area (Å²) in [6.45, 7) is 9.52. The van der Waals surface area contributed by atoms with Gasteiger partial charge in [0, 0.05) is 8.31 Å². The highest BCUT2D eigenvalue weighted by Gasteiger charge is 2.15. The van der Waals surface area contributed by atoms with Gasteiger partial charge in [-0.3, -0.25) is 0 Å². The average molecular weight is 132 g/mol. The van der Waals surface area contributed by atoms with Crippen LogP contribution in [0, 0.1) is 0 Å². The topological polar surface area (TPSA) is 0 Å². The van der Waals surface area contributed by atoms with Crippen molar-refractivity contribution >= 4 is 18.1 Å². The van der Waals surface area contributed by atoms with Gasteiger partial charge in [0.25, 0.3) is 0 Å². The molecule has 1 unspecified atom stereocenters. The summed E-state index contributed by atoms with van der Waals surface area (Å²) in [7, 11) is 1.25. The van der Waals surface area contributed by atoms with Crippen molar-refractivity contribution in [2.24, 2.45) is 0 Å². The molecule has 0 aromatic carbocycles. The lowest BCUT2D eigenvalue weighted by Gasteiger charge is -2.21. The summed E-state index contributed by atoms with van der Waals surface area (Å²) in [4.78, 5) is 0. The minimum absolute atomic E-state index is 0.220. The first-order valence-electron chi connectivity index (χ1n) is 2.94. The molecule has 0 fully saturated rings. The Kier molecular flexibility index (Phi) is 2.27. The Bertz CT molecular complexity index is 51.6. The second-order valence-electron chi connectivity index (χ2n) is 3.52. The van der Waals surface area contributed by atoms with Crippen molar-refractivity contribution in [3.8, 4) is 0 Å². The van der Waals surface area contributed by atoms with Gasteiger partial charge in [-0.2, -0.15) is 0 Å². The minimum atomic E-state index is -0.220. The molecule has 0 nitrogen and oxygen atoms in total. The van der Waals surface area contributed by atoms with Gasteiger partial charge < -0.3 is 0 Å². The van der Waals surface area contributed by atoms with Gasteiger partial charge in [0.1, 0.15) is 0 Å². The van der Waals surface area contributed by atoms with E-state index in [0.29, 0.717) is 5.04 Å². The highest BCUT2D eigenvalue weighted by atomic mass is 29.1. The van der Waals surface area contributed by atoms with Crippen molar-refractivity contribution in [2.45, 2.75) is 32.4 Å². The van der Waals surface area contributed by atoms with E-state index in [0.717, 1.165) is 0 Å². The monoisotopic (exact) mass is 132 g/mol. The first kappa shape index (κ1) is 7.43. The minimum Gasteiger partial charge on any atom is -0.0742 e. The highest BCUT2D eigenvalue weighted by Crippen LogP contribution is 2.23. The van der Waals surface area contributed by atoms with E-state index < -0.39 is 0 Å². The van der Waals surface area contributed by atoms with Crippen LogP contribution in [-0.4, -0.2) is 18.1 Å². The Morgan fingerprint density at radius 1 is 1.29 bits per heavy atom. The van der Waals surface area contributed by atoms with Crippen LogP contribution in [0.3, 0.4) is 0 Å². The molecule has 0 bridgehead atoms. The second kappa shape index (κ2) is 2.13. The molecule has 0 aliphatic heterocycles. The molecule has 0 N–H and O–H groups in total. The zero-order chi connectivity index (χ0) is 6.08. The molecule has 0 aromatic rings. The molecule has 0 aliphatic carbocycles. The third-order valence-electron chi connectivity index (χ3n) is 1.73. The molecule has 7 heavy (non-hydrogen) atoms. The summed E-state index contributed by atoms with van der Waals surface area (Å²) in [6.07, 6.45) is 0. The highest BCUT2D eigenvalue weighted by molar-refractivity contribution is 7.04. The molecule has 0 saturated heterocycles. The van der Waals surface area contributed by atoms with Gasteiger partial charge in [-0.1, -0.05) is 27.3 Å². The molecular weight excluding hydrogens is 116 g/mol. The van der Waals surface area contributed by atoms with E-state index in [1.165, 1.54) is 9.76 Å². The van der Waals surface area contributed by atoms with Crippen LogP contribution in [0.5, 0.6) is 0 Å². The lowest BCUT2D eigenvalue weighted by Crippen LogP contribution is -2.21. The standard InChI is InChI=1S/C5H16Si2/c1-5(2,3)7(4)6/h7H,1-4,6H3. The molecule has 0 aromatic heterocycles. The van der Waals surface area contributed by atoms with Crippen LogP contribution in [0.2, 0.25) is 11.6 Å². The van der Waals surface area contributed by atoms with Crippen LogP contribution in [0.1, 0.15) is 20.8 Å². The maximum atomic E-state index is 2.45. The third-order valence-corrected chi connectivity index (χ3v) is 10.4. The van der Waals surface area contributed by atoms with Crippen molar-refractivity contribution in [1.82, 2.24) is 0 Å². The normalized spacial score (nSPS) is 17.1. The SMILES string of the molecule is C[SiH]([SiH3])C(C)(C)C. The van der Waals surface area contributed by atoms with Crippen LogP contribution < -0.4 is 0 Å². The van der Waals surface area contributed by atoms with Gasteiger partial charge in [0.15, 0.2) is 0 Å². The summed E-state index contributed by atoms with van der Waals surface area (Å²) in [5.41, 5.74) is 0. The van der Waals surface area contributed by atoms with Crippen LogP contribution in [0.15, 0.2) is 0 Å². The first-order valence-corrected chi connectivity index (χ1v) is 9.29. The Hall–Kier alpha value is 0.434. The Labute approximate surface area is 51.1 Å². The maximum Gasteiger partial charge on any atom is 0.0232 e. The van der Waals surface area contributed by atoms with Gasteiger partial charge in [-0.25, -0.2) is 0 Å². The van der Waals surface area contributed by atoms with Crippen molar-refractivity contribution in [1.29, 1.82) is 0 Å². The van der Waals surface area contributed by atoms with Crippen molar-refractivity contribution in [3.05, 3.63) is 0 Å². The van der Waals surface area contributed by atoms with Gasteiger partial charge in [0.05, 0.1) is 0 Å². The fraction of sp³-hybridized carbons (Fsp3) is 1.00. The molecule has 0 rings (SSSR count). The molecule has 0 amide bonds. The Morgan fingerprint density at radius 3 is 1.43 bits per heavy atom. The summed E-state index contributed by atoms with van der Waals surface area (Å²) in [5, 5.41) is 0.701. The van der Waals surface area contributed by atoms with E-state index in [2.05, 4.69) is 27.3 Å². The van der Waals surface area contributed by atoms with Crippen LogP contribution in [-0.2, 0) is 0 Å². The smallest absolute Gasteiger partial charge is 0.0232 e. The zero-order valence-electron chi connectivity index (χ0n) is 6.08. The second-order valence-corrected chi connectivity index (χ2v) is 12.8. The summed E-state index contributed by atoms with van der Waals surface area (Å²) < 4.78 is 0. The predicted octanol–water partition coefficient (Wildman–Crippen LogP) is 0.505. The molecule has 44 valence electrons. The van der Waals surface area contributed by atoms with E-state index in [9.17, 15) is 0 Å². The number of hydrogen-bond acceptors (Lipinski definition) is 0. The third kappa shape index (κ3) is 3.06.